The van der Waals surface area contributed by atoms with E-state index in [1.165, 1.54) is 6.26 Å². The number of rotatable bonds is 7. The Morgan fingerprint density at radius 2 is 1.88 bits per heavy atom. The van der Waals surface area contributed by atoms with Crippen LogP contribution in [-0.4, -0.2) is 20.9 Å². The van der Waals surface area contributed by atoms with E-state index in [-0.39, 0.29) is 23.1 Å². The van der Waals surface area contributed by atoms with Gasteiger partial charge in [-0.25, -0.2) is 8.42 Å². The van der Waals surface area contributed by atoms with Crippen molar-refractivity contribution in [3.8, 4) is 0 Å². The largest absolute Gasteiger partial charge is 0.468 e. The standard InChI is InChI=1S/C18H17NO4S2/c20-17(12-14-6-2-1-3-7-14)19-13-16(15-8-4-10-23-15)25(21,22)18-9-5-11-24-18/h1-11,16H,12-13H2,(H,19,20). The molecule has 1 atom stereocenters. The van der Waals surface area contributed by atoms with Crippen LogP contribution in [0.25, 0.3) is 0 Å². The van der Waals surface area contributed by atoms with E-state index in [4.69, 9.17) is 4.42 Å². The lowest BCUT2D eigenvalue weighted by Gasteiger charge is -2.15. The van der Waals surface area contributed by atoms with Crippen LogP contribution in [-0.2, 0) is 21.1 Å². The Hall–Kier alpha value is -2.38. The Morgan fingerprint density at radius 1 is 1.08 bits per heavy atom. The number of furan rings is 1. The highest BCUT2D eigenvalue weighted by Gasteiger charge is 2.32. The van der Waals surface area contributed by atoms with Crippen molar-refractivity contribution in [3.05, 3.63) is 77.6 Å². The molecule has 1 N–H and O–H groups in total. The predicted molar refractivity (Wildman–Crippen MR) is 96.1 cm³/mol. The van der Waals surface area contributed by atoms with Crippen molar-refractivity contribution in [1.82, 2.24) is 5.32 Å². The van der Waals surface area contributed by atoms with Crippen molar-refractivity contribution in [3.63, 3.8) is 0 Å². The lowest BCUT2D eigenvalue weighted by molar-refractivity contribution is -0.120. The molecule has 0 radical (unpaired) electrons. The molecular formula is C18H17NO4S2. The first-order valence-corrected chi connectivity index (χ1v) is 10.1. The summed E-state index contributed by atoms with van der Waals surface area (Å²) in [6.45, 7) is -0.0422. The molecule has 2 aromatic heterocycles. The lowest BCUT2D eigenvalue weighted by atomic mass is 10.1. The fourth-order valence-corrected chi connectivity index (χ4v) is 5.24. The SMILES string of the molecule is O=C(Cc1ccccc1)NCC(c1ccco1)S(=O)(=O)c1cccs1. The minimum atomic E-state index is -3.64. The number of benzene rings is 1. The molecule has 1 amide bonds. The molecule has 5 nitrogen and oxygen atoms in total. The summed E-state index contributed by atoms with van der Waals surface area (Å²) >= 11 is 1.15. The second-order valence-corrected chi connectivity index (χ2v) is 8.75. The van der Waals surface area contributed by atoms with Gasteiger partial charge in [0.1, 0.15) is 15.2 Å². The molecule has 3 rings (SSSR count). The molecule has 0 aliphatic heterocycles. The minimum Gasteiger partial charge on any atom is -0.468 e. The third kappa shape index (κ3) is 4.18. The summed E-state index contributed by atoms with van der Waals surface area (Å²) in [5.41, 5.74) is 0.871. The zero-order valence-corrected chi connectivity index (χ0v) is 14.9. The van der Waals surface area contributed by atoms with E-state index in [2.05, 4.69) is 5.32 Å². The van der Waals surface area contributed by atoms with Gasteiger partial charge in [-0.1, -0.05) is 36.4 Å². The van der Waals surface area contributed by atoms with Crippen molar-refractivity contribution in [2.75, 3.05) is 6.54 Å². The average molecular weight is 375 g/mol. The normalized spacial score (nSPS) is 12.6. The van der Waals surface area contributed by atoms with Gasteiger partial charge in [-0.15, -0.1) is 11.3 Å². The molecular weight excluding hydrogens is 358 g/mol. The summed E-state index contributed by atoms with van der Waals surface area (Å²) < 4.78 is 31.3. The molecule has 3 aromatic rings. The minimum absolute atomic E-state index is 0.0422. The zero-order valence-electron chi connectivity index (χ0n) is 13.3. The maximum Gasteiger partial charge on any atom is 0.224 e. The number of nitrogens with one attached hydrogen (secondary N) is 1. The molecule has 7 heteroatoms. The number of carbonyl (C=O) groups excluding carboxylic acids is 1. The lowest BCUT2D eigenvalue weighted by Crippen LogP contribution is -2.32. The quantitative estimate of drug-likeness (QED) is 0.688. The second kappa shape index (κ2) is 7.67. The van der Waals surface area contributed by atoms with Gasteiger partial charge in [0.2, 0.25) is 5.91 Å². The Labute approximate surface area is 150 Å². The molecule has 2 heterocycles. The van der Waals surface area contributed by atoms with Gasteiger partial charge in [-0.05, 0) is 29.1 Å². The van der Waals surface area contributed by atoms with Crippen LogP contribution >= 0.6 is 11.3 Å². The number of hydrogen-bond donors (Lipinski definition) is 1. The van der Waals surface area contributed by atoms with E-state index < -0.39 is 15.1 Å². The first kappa shape index (κ1) is 17.4. The van der Waals surface area contributed by atoms with Crippen molar-refractivity contribution in [1.29, 1.82) is 0 Å². The molecule has 0 saturated heterocycles. The van der Waals surface area contributed by atoms with Gasteiger partial charge in [0.25, 0.3) is 0 Å². The zero-order chi connectivity index (χ0) is 17.7. The van der Waals surface area contributed by atoms with Crippen LogP contribution in [0, 0.1) is 0 Å². The molecule has 0 saturated carbocycles. The van der Waals surface area contributed by atoms with Crippen molar-refractivity contribution < 1.29 is 17.6 Å². The van der Waals surface area contributed by atoms with Crippen molar-refractivity contribution >= 4 is 27.1 Å². The third-order valence-corrected chi connectivity index (χ3v) is 7.19. The molecule has 0 fully saturated rings. The fraction of sp³-hybridized carbons (Fsp3) is 0.167. The topological polar surface area (TPSA) is 76.4 Å². The summed E-state index contributed by atoms with van der Waals surface area (Å²) in [7, 11) is -3.64. The maximum atomic E-state index is 12.9. The van der Waals surface area contributed by atoms with Gasteiger partial charge in [0, 0.05) is 6.54 Å². The van der Waals surface area contributed by atoms with E-state index in [1.54, 1.807) is 29.6 Å². The fourth-order valence-electron chi connectivity index (χ4n) is 2.45. The van der Waals surface area contributed by atoms with Crippen LogP contribution in [0.15, 0.2) is 74.9 Å². The smallest absolute Gasteiger partial charge is 0.224 e. The van der Waals surface area contributed by atoms with Crippen LogP contribution in [0.3, 0.4) is 0 Å². The van der Waals surface area contributed by atoms with E-state index in [0.717, 1.165) is 16.9 Å². The third-order valence-electron chi connectivity index (χ3n) is 3.70. The van der Waals surface area contributed by atoms with Gasteiger partial charge in [-0.2, -0.15) is 0 Å². The van der Waals surface area contributed by atoms with Crippen LogP contribution in [0.5, 0.6) is 0 Å². The van der Waals surface area contributed by atoms with Crippen LogP contribution < -0.4 is 5.32 Å². The number of carbonyl (C=O) groups is 1. The molecule has 0 spiro atoms. The van der Waals surface area contributed by atoms with E-state index in [1.807, 2.05) is 30.3 Å². The van der Waals surface area contributed by atoms with Crippen LogP contribution in [0.4, 0.5) is 0 Å². The molecule has 25 heavy (non-hydrogen) atoms. The Kier molecular flexibility index (Phi) is 5.35. The molecule has 0 aliphatic rings. The highest BCUT2D eigenvalue weighted by molar-refractivity contribution is 7.93. The average Bonchev–Trinajstić information content (AvgIpc) is 3.30. The van der Waals surface area contributed by atoms with Gasteiger partial charge in [0.15, 0.2) is 9.84 Å². The first-order valence-electron chi connectivity index (χ1n) is 7.69. The van der Waals surface area contributed by atoms with Gasteiger partial charge < -0.3 is 9.73 Å². The van der Waals surface area contributed by atoms with E-state index >= 15 is 0 Å². The highest BCUT2D eigenvalue weighted by Crippen LogP contribution is 2.31. The predicted octanol–water partition coefficient (Wildman–Crippen LogP) is 3.22. The highest BCUT2D eigenvalue weighted by atomic mass is 32.2. The Morgan fingerprint density at radius 3 is 2.52 bits per heavy atom. The maximum absolute atomic E-state index is 12.9. The summed E-state index contributed by atoms with van der Waals surface area (Å²) in [6.07, 6.45) is 1.63. The van der Waals surface area contributed by atoms with Crippen molar-refractivity contribution in [2.24, 2.45) is 0 Å². The van der Waals surface area contributed by atoms with E-state index in [0.29, 0.717) is 5.76 Å². The Balaban J connectivity index is 1.74. The number of thiophene rings is 1. The monoisotopic (exact) mass is 375 g/mol. The van der Waals surface area contributed by atoms with E-state index in [9.17, 15) is 13.2 Å². The first-order chi connectivity index (χ1) is 12.1. The van der Waals surface area contributed by atoms with Gasteiger partial charge in [-0.3, -0.25) is 4.79 Å². The number of sulfone groups is 1. The second-order valence-electron chi connectivity index (χ2n) is 5.45. The Bertz CT molecular complexity index is 901. The summed E-state index contributed by atoms with van der Waals surface area (Å²) in [5, 5.41) is 3.46. The molecule has 1 unspecified atom stereocenters. The van der Waals surface area contributed by atoms with Crippen LogP contribution in [0.1, 0.15) is 16.6 Å². The molecule has 130 valence electrons. The summed E-state index contributed by atoms with van der Waals surface area (Å²) in [4.78, 5) is 12.2. The van der Waals surface area contributed by atoms with Crippen molar-refractivity contribution in [2.45, 2.75) is 15.9 Å². The van der Waals surface area contributed by atoms with Gasteiger partial charge >= 0.3 is 0 Å². The summed E-state index contributed by atoms with van der Waals surface area (Å²) in [6, 6.07) is 15.8. The number of amides is 1. The molecule has 0 bridgehead atoms. The van der Waals surface area contributed by atoms with Gasteiger partial charge in [0.05, 0.1) is 12.7 Å². The summed E-state index contributed by atoms with van der Waals surface area (Å²) in [5.74, 6) is 0.0811. The number of hydrogen-bond acceptors (Lipinski definition) is 5. The molecule has 0 aliphatic carbocycles. The van der Waals surface area contributed by atoms with Crippen LogP contribution in [0.2, 0.25) is 0 Å². The molecule has 1 aromatic carbocycles.